The number of anilines is 1. The van der Waals surface area contributed by atoms with E-state index in [0.29, 0.717) is 12.5 Å². The lowest BCUT2D eigenvalue weighted by Crippen LogP contribution is -2.23. The summed E-state index contributed by atoms with van der Waals surface area (Å²) in [6, 6.07) is 14.9. The largest absolute Gasteiger partial charge is 0.370 e. The van der Waals surface area contributed by atoms with Crippen LogP contribution in [0.2, 0.25) is 0 Å². The topological polar surface area (TPSA) is 66.2 Å². The van der Waals surface area contributed by atoms with E-state index in [9.17, 15) is 0 Å². The van der Waals surface area contributed by atoms with Gasteiger partial charge in [-0.2, -0.15) is 0 Å². The molecule has 1 heterocycles. The van der Waals surface area contributed by atoms with Crippen molar-refractivity contribution in [3.63, 3.8) is 0 Å². The molecule has 0 amide bonds. The van der Waals surface area contributed by atoms with Crippen molar-refractivity contribution in [2.24, 2.45) is 10.7 Å². The van der Waals surface area contributed by atoms with Crippen LogP contribution in [-0.2, 0) is 19.3 Å². The highest BCUT2D eigenvalue weighted by atomic mass is 127. The number of nitrogens with two attached hydrogens (primary N) is 1. The van der Waals surface area contributed by atoms with Crippen LogP contribution in [0.25, 0.3) is 10.9 Å². The first-order valence-electron chi connectivity index (χ1n) is 8.95. The number of hydrogen-bond acceptors (Lipinski definition) is 1. The van der Waals surface area contributed by atoms with Crippen LogP contribution >= 0.6 is 24.0 Å². The molecule has 0 saturated carbocycles. The molecule has 0 radical (unpaired) electrons. The number of nitrogens with one attached hydrogen (secondary N) is 2. The van der Waals surface area contributed by atoms with E-state index in [0.717, 1.165) is 12.1 Å². The number of nitrogens with zero attached hydrogens (tertiary/aromatic N) is 1. The van der Waals surface area contributed by atoms with E-state index in [1.807, 2.05) is 0 Å². The van der Waals surface area contributed by atoms with Crippen molar-refractivity contribution >= 4 is 46.5 Å². The van der Waals surface area contributed by atoms with Crippen molar-refractivity contribution in [2.75, 3.05) is 11.9 Å². The fraction of sp³-hybridized carbons (Fsp3) is 0.286. The number of guanidine groups is 1. The fourth-order valence-corrected chi connectivity index (χ4v) is 3.78. The summed E-state index contributed by atoms with van der Waals surface area (Å²) >= 11 is 0. The van der Waals surface area contributed by atoms with Gasteiger partial charge < -0.3 is 16.0 Å². The lowest BCUT2D eigenvalue weighted by Gasteiger charge is -2.08. The van der Waals surface area contributed by atoms with Gasteiger partial charge >= 0.3 is 0 Å². The molecule has 5 heteroatoms. The van der Waals surface area contributed by atoms with Crippen LogP contribution in [0.15, 0.2) is 47.5 Å². The standard InChI is InChI=1S/C21H24N4.HI/c1-14-18(19-7-2-3-8-20(19)24-14)11-12-23-21(22)25-17-10-9-15-5-4-6-16(15)13-17;/h2-3,7-10,13,24H,4-6,11-12H2,1H3,(H3,22,23,25);1H. The Hall–Kier alpha value is -2.02. The molecule has 0 unspecified atom stereocenters. The molecule has 4 nitrogen and oxygen atoms in total. The van der Waals surface area contributed by atoms with Gasteiger partial charge in [0.2, 0.25) is 0 Å². The number of benzene rings is 2. The third-order valence-electron chi connectivity index (χ3n) is 5.04. The Morgan fingerprint density at radius 1 is 1.15 bits per heavy atom. The van der Waals surface area contributed by atoms with Gasteiger partial charge in [-0.05, 0) is 67.5 Å². The molecule has 26 heavy (non-hydrogen) atoms. The first kappa shape index (κ1) is 18.8. The van der Waals surface area contributed by atoms with Gasteiger partial charge in [0.1, 0.15) is 0 Å². The van der Waals surface area contributed by atoms with Crippen LogP contribution in [0.3, 0.4) is 0 Å². The summed E-state index contributed by atoms with van der Waals surface area (Å²) in [6.07, 6.45) is 4.50. The average molecular weight is 460 g/mol. The average Bonchev–Trinajstić information content (AvgIpc) is 3.19. The van der Waals surface area contributed by atoms with E-state index in [4.69, 9.17) is 5.73 Å². The molecule has 0 saturated heterocycles. The Morgan fingerprint density at radius 2 is 1.96 bits per heavy atom. The predicted octanol–water partition coefficient (Wildman–Crippen LogP) is 4.55. The number of halogens is 1. The Bertz CT molecular complexity index is 942. The normalized spacial score (nSPS) is 13.5. The zero-order valence-corrected chi connectivity index (χ0v) is 17.3. The Kier molecular flexibility index (Phi) is 5.86. The minimum atomic E-state index is 0. The van der Waals surface area contributed by atoms with Gasteiger partial charge in [0.05, 0.1) is 0 Å². The van der Waals surface area contributed by atoms with E-state index >= 15 is 0 Å². The number of fused-ring (bicyclic) bond motifs is 2. The van der Waals surface area contributed by atoms with Crippen molar-refractivity contribution in [1.82, 2.24) is 4.98 Å². The van der Waals surface area contributed by atoms with Crippen LogP contribution in [0, 0.1) is 6.92 Å². The van der Waals surface area contributed by atoms with Crippen molar-refractivity contribution < 1.29 is 0 Å². The maximum Gasteiger partial charge on any atom is 0.193 e. The first-order valence-corrected chi connectivity index (χ1v) is 8.95. The van der Waals surface area contributed by atoms with E-state index in [1.165, 1.54) is 52.5 Å². The second kappa shape index (κ2) is 8.12. The van der Waals surface area contributed by atoms with Crippen molar-refractivity contribution in [1.29, 1.82) is 0 Å². The van der Waals surface area contributed by atoms with Crippen LogP contribution in [0.4, 0.5) is 5.69 Å². The minimum Gasteiger partial charge on any atom is -0.370 e. The molecule has 136 valence electrons. The Balaban J connectivity index is 0.00000196. The van der Waals surface area contributed by atoms with Crippen molar-refractivity contribution in [3.8, 4) is 0 Å². The van der Waals surface area contributed by atoms with E-state index in [1.54, 1.807) is 0 Å². The predicted molar refractivity (Wildman–Crippen MR) is 121 cm³/mol. The summed E-state index contributed by atoms with van der Waals surface area (Å²) in [5.74, 6) is 0.482. The molecule has 4 rings (SSSR count). The maximum absolute atomic E-state index is 6.07. The number of hydrogen-bond donors (Lipinski definition) is 3. The maximum atomic E-state index is 6.07. The minimum absolute atomic E-state index is 0. The molecule has 1 aliphatic carbocycles. The number of aromatic nitrogens is 1. The molecule has 0 fully saturated rings. The van der Waals surface area contributed by atoms with Gasteiger partial charge in [0.15, 0.2) is 5.96 Å². The van der Waals surface area contributed by atoms with E-state index < -0.39 is 0 Å². The smallest absolute Gasteiger partial charge is 0.193 e. The summed E-state index contributed by atoms with van der Waals surface area (Å²) in [7, 11) is 0. The highest BCUT2D eigenvalue weighted by Crippen LogP contribution is 2.25. The van der Waals surface area contributed by atoms with Crippen molar-refractivity contribution in [3.05, 3.63) is 64.8 Å². The lowest BCUT2D eigenvalue weighted by molar-refractivity contribution is 0.912. The Morgan fingerprint density at radius 3 is 2.85 bits per heavy atom. The molecule has 0 bridgehead atoms. The summed E-state index contributed by atoms with van der Waals surface area (Å²) in [5, 5.41) is 4.50. The summed E-state index contributed by atoms with van der Waals surface area (Å²) < 4.78 is 0. The van der Waals surface area contributed by atoms with Gasteiger partial charge in [-0.3, -0.25) is 4.99 Å². The van der Waals surface area contributed by atoms with Crippen LogP contribution in [0.1, 0.15) is 28.8 Å². The zero-order valence-electron chi connectivity index (χ0n) is 15.0. The fourth-order valence-electron chi connectivity index (χ4n) is 3.78. The number of para-hydroxylation sites is 1. The second-order valence-electron chi connectivity index (χ2n) is 6.75. The van der Waals surface area contributed by atoms with Gasteiger partial charge in [0, 0.05) is 28.8 Å². The van der Waals surface area contributed by atoms with Gasteiger partial charge in [-0.15, -0.1) is 24.0 Å². The van der Waals surface area contributed by atoms with Crippen molar-refractivity contribution in [2.45, 2.75) is 32.6 Å². The summed E-state index contributed by atoms with van der Waals surface area (Å²) in [4.78, 5) is 7.94. The van der Waals surface area contributed by atoms with Gasteiger partial charge in [-0.1, -0.05) is 24.3 Å². The third kappa shape index (κ3) is 3.87. The first-order chi connectivity index (χ1) is 12.2. The van der Waals surface area contributed by atoms with Gasteiger partial charge in [0.25, 0.3) is 0 Å². The van der Waals surface area contributed by atoms with Crippen LogP contribution in [0.5, 0.6) is 0 Å². The molecule has 2 aromatic carbocycles. The Labute approximate surface area is 171 Å². The molecular formula is C21H25IN4. The lowest BCUT2D eigenvalue weighted by atomic mass is 10.1. The summed E-state index contributed by atoms with van der Waals surface area (Å²) in [5.41, 5.74) is 13.7. The second-order valence-corrected chi connectivity index (χ2v) is 6.75. The SMILES string of the molecule is Cc1[nH]c2ccccc2c1CCN=C(N)Nc1ccc2c(c1)CCC2.I. The number of aryl methyl sites for hydroxylation is 3. The quantitative estimate of drug-likeness (QED) is 0.304. The van der Waals surface area contributed by atoms with E-state index in [-0.39, 0.29) is 24.0 Å². The molecule has 1 aromatic heterocycles. The van der Waals surface area contributed by atoms with Crippen LogP contribution < -0.4 is 11.1 Å². The molecule has 4 N–H and O–H groups in total. The number of H-pyrrole nitrogens is 1. The summed E-state index contributed by atoms with van der Waals surface area (Å²) in [6.45, 7) is 2.79. The molecule has 3 aromatic rings. The number of aliphatic imine (C=N–C) groups is 1. The third-order valence-corrected chi connectivity index (χ3v) is 5.04. The number of aromatic amines is 1. The molecule has 1 aliphatic rings. The number of rotatable bonds is 4. The zero-order chi connectivity index (χ0) is 17.2. The molecular weight excluding hydrogens is 435 g/mol. The van der Waals surface area contributed by atoms with Gasteiger partial charge in [-0.25, -0.2) is 0 Å². The van der Waals surface area contributed by atoms with E-state index in [2.05, 4.69) is 64.7 Å². The molecule has 0 aliphatic heterocycles. The molecule has 0 spiro atoms. The monoisotopic (exact) mass is 460 g/mol. The highest BCUT2D eigenvalue weighted by Gasteiger charge is 2.11. The molecule has 0 atom stereocenters. The highest BCUT2D eigenvalue weighted by molar-refractivity contribution is 14.0. The van der Waals surface area contributed by atoms with Crippen LogP contribution in [-0.4, -0.2) is 17.5 Å².